The number of hydrogen-bond acceptors (Lipinski definition) is 6. The average molecular weight is 404 g/mol. The molecule has 0 bridgehead atoms. The van der Waals surface area contributed by atoms with Gasteiger partial charge in [-0.15, -0.1) is 0 Å². The van der Waals surface area contributed by atoms with E-state index in [1.807, 2.05) is 67.6 Å². The lowest BCUT2D eigenvalue weighted by Gasteiger charge is -2.13. The van der Waals surface area contributed by atoms with Gasteiger partial charge in [0.1, 0.15) is 11.6 Å². The molecule has 0 radical (unpaired) electrons. The third kappa shape index (κ3) is 4.75. The van der Waals surface area contributed by atoms with E-state index in [1.54, 1.807) is 12.3 Å². The summed E-state index contributed by atoms with van der Waals surface area (Å²) in [6.45, 7) is 2.20. The number of hydrogen-bond donors (Lipinski definition) is 2. The predicted octanol–water partition coefficient (Wildman–Crippen LogP) is 4.76. The number of amides is 1. The van der Waals surface area contributed by atoms with E-state index in [2.05, 4.69) is 20.6 Å². The zero-order chi connectivity index (χ0) is 20.1. The molecular weight excluding hydrogens is 384 g/mol. The molecule has 2 heterocycles. The van der Waals surface area contributed by atoms with E-state index in [1.165, 1.54) is 11.8 Å². The van der Waals surface area contributed by atoms with Crippen LogP contribution in [0.4, 0.5) is 11.5 Å². The molecule has 146 valence electrons. The number of aromatic nitrogens is 2. The third-order valence-corrected chi connectivity index (χ3v) is 5.25. The second kappa shape index (κ2) is 8.79. The number of nitrogens with zero attached hydrogens (tertiary/aromatic N) is 2. The normalized spacial score (nSPS) is 11.9. The first-order valence-electron chi connectivity index (χ1n) is 9.24. The number of carbonyl (C=O) groups excluding carboxylic acids is 1. The van der Waals surface area contributed by atoms with Crippen LogP contribution in [0.25, 0.3) is 10.9 Å². The maximum absolute atomic E-state index is 12.4. The van der Waals surface area contributed by atoms with Crippen LogP contribution in [0.2, 0.25) is 0 Å². The van der Waals surface area contributed by atoms with Crippen molar-refractivity contribution < 1.29 is 9.21 Å². The number of anilines is 2. The minimum atomic E-state index is -0.351. The van der Waals surface area contributed by atoms with Gasteiger partial charge in [0.2, 0.25) is 5.91 Å². The molecule has 0 aliphatic heterocycles. The molecular formula is C22H20N4O2S. The average Bonchev–Trinajstić information content (AvgIpc) is 3.26. The largest absolute Gasteiger partial charge is 0.467 e. The molecule has 2 aromatic carbocycles. The monoisotopic (exact) mass is 404 g/mol. The Hall–Kier alpha value is -3.32. The van der Waals surface area contributed by atoms with E-state index in [9.17, 15) is 4.79 Å². The zero-order valence-electron chi connectivity index (χ0n) is 15.8. The Bertz CT molecular complexity index is 1100. The van der Waals surface area contributed by atoms with Gasteiger partial charge in [0.15, 0.2) is 5.16 Å². The van der Waals surface area contributed by atoms with Crippen molar-refractivity contribution in [1.82, 2.24) is 15.3 Å². The molecule has 1 amide bonds. The number of thioether (sulfide) groups is 1. The van der Waals surface area contributed by atoms with Crippen LogP contribution in [0.1, 0.15) is 12.7 Å². The lowest BCUT2D eigenvalue weighted by atomic mass is 10.2. The van der Waals surface area contributed by atoms with Gasteiger partial charge in [-0.1, -0.05) is 42.1 Å². The summed E-state index contributed by atoms with van der Waals surface area (Å²) in [7, 11) is 0. The number of rotatable bonds is 7. The summed E-state index contributed by atoms with van der Waals surface area (Å²) in [6.07, 6.45) is 1.59. The van der Waals surface area contributed by atoms with Gasteiger partial charge in [-0.2, -0.15) is 0 Å². The van der Waals surface area contributed by atoms with Crippen LogP contribution in [0, 0.1) is 0 Å². The minimum absolute atomic E-state index is 0.0965. The van der Waals surface area contributed by atoms with Crippen molar-refractivity contribution in [2.75, 3.05) is 5.32 Å². The summed E-state index contributed by atoms with van der Waals surface area (Å²) >= 11 is 1.32. The van der Waals surface area contributed by atoms with E-state index < -0.39 is 0 Å². The zero-order valence-corrected chi connectivity index (χ0v) is 16.6. The Labute approximate surface area is 172 Å². The highest BCUT2D eigenvalue weighted by Gasteiger charge is 2.18. The number of benzene rings is 2. The van der Waals surface area contributed by atoms with E-state index >= 15 is 0 Å². The quantitative estimate of drug-likeness (QED) is 0.341. The summed E-state index contributed by atoms with van der Waals surface area (Å²) in [5, 5.41) is 7.35. The molecule has 0 aliphatic carbocycles. The van der Waals surface area contributed by atoms with Crippen LogP contribution >= 0.6 is 11.8 Å². The molecule has 0 saturated heterocycles. The molecule has 0 unspecified atom stereocenters. The van der Waals surface area contributed by atoms with Crippen LogP contribution in [-0.2, 0) is 11.3 Å². The van der Waals surface area contributed by atoms with Gasteiger partial charge in [-0.05, 0) is 43.3 Å². The summed E-state index contributed by atoms with van der Waals surface area (Å²) in [5.41, 5.74) is 1.77. The van der Waals surface area contributed by atoms with Crippen molar-refractivity contribution in [3.63, 3.8) is 0 Å². The van der Waals surface area contributed by atoms with Gasteiger partial charge in [0, 0.05) is 11.1 Å². The van der Waals surface area contributed by atoms with E-state index in [4.69, 9.17) is 4.42 Å². The van der Waals surface area contributed by atoms with Crippen LogP contribution < -0.4 is 10.6 Å². The highest BCUT2D eigenvalue weighted by atomic mass is 32.2. The molecule has 6 nitrogen and oxygen atoms in total. The highest BCUT2D eigenvalue weighted by molar-refractivity contribution is 8.00. The molecule has 4 aromatic rings. The number of nitrogens with one attached hydrogen (secondary N) is 2. The third-order valence-electron chi connectivity index (χ3n) is 4.29. The first-order chi connectivity index (χ1) is 14.2. The SMILES string of the molecule is C[C@@H](Sc1nc(Nc2ccccc2)c2ccccc2n1)C(=O)NCc1ccco1. The summed E-state index contributed by atoms with van der Waals surface area (Å²) < 4.78 is 5.25. The fraction of sp³-hybridized carbons (Fsp3) is 0.136. The lowest BCUT2D eigenvalue weighted by Crippen LogP contribution is -2.30. The molecule has 4 rings (SSSR count). The van der Waals surface area contributed by atoms with Crippen molar-refractivity contribution in [3.05, 3.63) is 78.8 Å². The van der Waals surface area contributed by atoms with Gasteiger partial charge in [-0.25, -0.2) is 9.97 Å². The number of carbonyl (C=O) groups is 1. The first kappa shape index (κ1) is 19.0. The smallest absolute Gasteiger partial charge is 0.233 e. The van der Waals surface area contributed by atoms with Crippen molar-refractivity contribution in [1.29, 1.82) is 0 Å². The van der Waals surface area contributed by atoms with Gasteiger partial charge in [0.25, 0.3) is 0 Å². The first-order valence-corrected chi connectivity index (χ1v) is 10.1. The van der Waals surface area contributed by atoms with Gasteiger partial charge >= 0.3 is 0 Å². The van der Waals surface area contributed by atoms with Gasteiger partial charge in [0.05, 0.1) is 23.6 Å². The second-order valence-corrected chi connectivity index (χ2v) is 7.73. The van der Waals surface area contributed by atoms with Crippen molar-refractivity contribution in [2.45, 2.75) is 23.9 Å². The Morgan fingerprint density at radius 1 is 1.03 bits per heavy atom. The van der Waals surface area contributed by atoms with Crippen molar-refractivity contribution in [2.24, 2.45) is 0 Å². The van der Waals surface area contributed by atoms with E-state index in [0.717, 1.165) is 16.6 Å². The molecule has 2 N–H and O–H groups in total. The number of para-hydroxylation sites is 2. The molecule has 0 spiro atoms. The Kier molecular flexibility index (Phi) is 5.76. The fourth-order valence-corrected chi connectivity index (χ4v) is 3.61. The second-order valence-electron chi connectivity index (χ2n) is 6.42. The lowest BCUT2D eigenvalue weighted by molar-refractivity contribution is -0.120. The maximum atomic E-state index is 12.4. The van der Waals surface area contributed by atoms with Gasteiger partial charge in [-0.3, -0.25) is 4.79 Å². The molecule has 1 atom stereocenters. The molecule has 7 heteroatoms. The topological polar surface area (TPSA) is 80.0 Å². The van der Waals surface area contributed by atoms with E-state index in [0.29, 0.717) is 23.3 Å². The Morgan fingerprint density at radius 2 is 1.83 bits per heavy atom. The molecule has 29 heavy (non-hydrogen) atoms. The van der Waals surface area contributed by atoms with Crippen molar-refractivity contribution in [3.8, 4) is 0 Å². The van der Waals surface area contributed by atoms with Crippen LogP contribution in [0.15, 0.2) is 82.6 Å². The standard InChI is InChI=1S/C22H20N4O2S/c1-15(21(27)23-14-17-10-7-13-28-17)29-22-25-19-12-6-5-11-18(19)20(26-22)24-16-8-3-2-4-9-16/h2-13,15H,14H2,1H3,(H,23,27)(H,24,25,26)/t15-/m1/s1. The summed E-state index contributed by atoms with van der Waals surface area (Å²) in [4.78, 5) is 21.7. The van der Waals surface area contributed by atoms with Crippen molar-refractivity contribution >= 4 is 40.1 Å². The van der Waals surface area contributed by atoms with Gasteiger partial charge < -0.3 is 15.1 Å². The Balaban J connectivity index is 1.53. The van der Waals surface area contributed by atoms with Crippen LogP contribution in [0.3, 0.4) is 0 Å². The predicted molar refractivity (Wildman–Crippen MR) is 115 cm³/mol. The van der Waals surface area contributed by atoms with Crippen LogP contribution in [-0.4, -0.2) is 21.1 Å². The highest BCUT2D eigenvalue weighted by Crippen LogP contribution is 2.28. The maximum Gasteiger partial charge on any atom is 0.233 e. The summed E-state index contributed by atoms with van der Waals surface area (Å²) in [5.74, 6) is 1.33. The molecule has 0 aliphatic rings. The molecule has 0 fully saturated rings. The summed E-state index contributed by atoms with van der Waals surface area (Å²) in [6, 6.07) is 21.3. The van der Waals surface area contributed by atoms with E-state index in [-0.39, 0.29) is 11.2 Å². The fourth-order valence-electron chi connectivity index (χ4n) is 2.80. The minimum Gasteiger partial charge on any atom is -0.467 e. The number of fused-ring (bicyclic) bond motifs is 1. The van der Waals surface area contributed by atoms with Crippen LogP contribution in [0.5, 0.6) is 0 Å². The number of furan rings is 1. The molecule has 0 saturated carbocycles. The molecule has 2 aromatic heterocycles. The Morgan fingerprint density at radius 3 is 2.62 bits per heavy atom.